The molecular formula is C28H31NO2. The minimum Gasteiger partial charge on any atom is -0.463 e. The fourth-order valence-corrected chi connectivity index (χ4v) is 3.50. The summed E-state index contributed by atoms with van der Waals surface area (Å²) in [6.07, 6.45) is 2.85. The van der Waals surface area contributed by atoms with Gasteiger partial charge in [-0.05, 0) is 105 Å². The lowest BCUT2D eigenvalue weighted by molar-refractivity contribution is -0.137. The van der Waals surface area contributed by atoms with E-state index in [0.717, 1.165) is 29.9 Å². The molecular weight excluding hydrogens is 382 g/mol. The average molecular weight is 414 g/mol. The van der Waals surface area contributed by atoms with Crippen molar-refractivity contribution in [3.8, 4) is 0 Å². The highest BCUT2D eigenvalue weighted by Gasteiger charge is 2.14. The second-order valence-electron chi connectivity index (χ2n) is 8.01. The van der Waals surface area contributed by atoms with E-state index in [1.54, 1.807) is 0 Å². The Bertz CT molecular complexity index is 1020. The smallest absolute Gasteiger partial charge is 0.330 e. The first-order valence-corrected chi connectivity index (χ1v) is 10.7. The van der Waals surface area contributed by atoms with Crippen molar-refractivity contribution in [1.82, 2.24) is 0 Å². The Morgan fingerprint density at radius 2 is 1.32 bits per heavy atom. The molecule has 0 aliphatic carbocycles. The number of anilines is 3. The van der Waals surface area contributed by atoms with E-state index in [-0.39, 0.29) is 5.97 Å². The number of hydrogen-bond acceptors (Lipinski definition) is 3. The largest absolute Gasteiger partial charge is 0.463 e. The Labute approximate surface area is 186 Å². The predicted octanol–water partition coefficient (Wildman–Crippen LogP) is 7.05. The van der Waals surface area contributed by atoms with Crippen LogP contribution in [-0.2, 0) is 16.0 Å². The van der Waals surface area contributed by atoms with Crippen LogP contribution in [-0.4, -0.2) is 12.6 Å². The maximum Gasteiger partial charge on any atom is 0.330 e. The summed E-state index contributed by atoms with van der Waals surface area (Å²) in [7, 11) is 0. The minimum atomic E-state index is -0.368. The number of hydrogen-bond donors (Lipinski definition) is 0. The normalized spacial score (nSPS) is 10.6. The summed E-state index contributed by atoms with van der Waals surface area (Å²) in [6.45, 7) is 12.4. The molecule has 0 saturated heterocycles. The number of benzene rings is 3. The van der Waals surface area contributed by atoms with Crippen molar-refractivity contribution < 1.29 is 9.53 Å². The van der Waals surface area contributed by atoms with Crippen molar-refractivity contribution in [3.05, 3.63) is 101 Å². The van der Waals surface area contributed by atoms with Crippen LogP contribution in [0.4, 0.5) is 17.1 Å². The number of aryl methyl sites for hydroxylation is 5. The van der Waals surface area contributed by atoms with Gasteiger partial charge >= 0.3 is 5.97 Å². The number of carbonyl (C=O) groups excluding carboxylic acids is 1. The van der Waals surface area contributed by atoms with Crippen molar-refractivity contribution in [3.63, 3.8) is 0 Å². The second-order valence-corrected chi connectivity index (χ2v) is 8.01. The molecule has 0 saturated carbocycles. The number of nitrogens with zero attached hydrogens (tertiary/aromatic N) is 1. The molecule has 0 N–H and O–H groups in total. The Balaban J connectivity index is 1.87. The van der Waals surface area contributed by atoms with Gasteiger partial charge in [0.15, 0.2) is 0 Å². The number of carbonyl (C=O) groups is 1. The lowest BCUT2D eigenvalue weighted by Crippen LogP contribution is -2.11. The topological polar surface area (TPSA) is 29.5 Å². The van der Waals surface area contributed by atoms with Gasteiger partial charge in [0.25, 0.3) is 0 Å². The van der Waals surface area contributed by atoms with E-state index in [1.807, 2.05) is 0 Å². The molecule has 0 spiro atoms. The summed E-state index contributed by atoms with van der Waals surface area (Å²) in [4.78, 5) is 13.5. The minimum absolute atomic E-state index is 0.368. The van der Waals surface area contributed by atoms with Crippen molar-refractivity contribution in [1.29, 1.82) is 0 Å². The van der Waals surface area contributed by atoms with Crippen molar-refractivity contribution in [2.24, 2.45) is 0 Å². The van der Waals surface area contributed by atoms with E-state index < -0.39 is 0 Å². The molecule has 0 aromatic heterocycles. The van der Waals surface area contributed by atoms with Gasteiger partial charge in [-0.25, -0.2) is 4.79 Å². The van der Waals surface area contributed by atoms with Crippen LogP contribution in [0.3, 0.4) is 0 Å². The molecule has 0 aliphatic heterocycles. The van der Waals surface area contributed by atoms with Crippen LogP contribution < -0.4 is 4.90 Å². The molecule has 0 amide bonds. The molecule has 160 valence electrons. The lowest BCUT2D eigenvalue weighted by Gasteiger charge is -2.27. The quantitative estimate of drug-likeness (QED) is 0.225. The molecule has 3 heteroatoms. The third-order valence-corrected chi connectivity index (χ3v) is 5.71. The molecule has 3 aromatic carbocycles. The zero-order valence-electron chi connectivity index (χ0n) is 18.9. The first-order chi connectivity index (χ1) is 14.9. The Kier molecular flexibility index (Phi) is 7.30. The highest BCUT2D eigenvalue weighted by molar-refractivity contribution is 5.81. The molecule has 3 nitrogen and oxygen atoms in total. The van der Waals surface area contributed by atoms with Gasteiger partial charge in [0, 0.05) is 23.1 Å². The summed E-state index contributed by atoms with van der Waals surface area (Å²) >= 11 is 0. The van der Waals surface area contributed by atoms with Gasteiger partial charge in [0.05, 0.1) is 6.61 Å². The predicted molar refractivity (Wildman–Crippen MR) is 130 cm³/mol. The van der Waals surface area contributed by atoms with Crippen LogP contribution in [0.25, 0.3) is 0 Å². The number of ether oxygens (including phenoxy) is 1. The van der Waals surface area contributed by atoms with E-state index in [1.165, 1.54) is 33.9 Å². The molecule has 0 radical (unpaired) electrons. The summed E-state index contributed by atoms with van der Waals surface area (Å²) in [6, 6.07) is 21.8. The van der Waals surface area contributed by atoms with Crippen LogP contribution in [0.5, 0.6) is 0 Å². The van der Waals surface area contributed by atoms with Gasteiger partial charge in [0.1, 0.15) is 0 Å². The maximum absolute atomic E-state index is 11.2. The Hall–Kier alpha value is -3.33. The Morgan fingerprint density at radius 1 is 0.806 bits per heavy atom. The van der Waals surface area contributed by atoms with Gasteiger partial charge < -0.3 is 9.64 Å². The highest BCUT2D eigenvalue weighted by Crippen LogP contribution is 2.36. The Morgan fingerprint density at radius 3 is 1.81 bits per heavy atom. The third-order valence-electron chi connectivity index (χ3n) is 5.71. The van der Waals surface area contributed by atoms with E-state index in [9.17, 15) is 4.79 Å². The van der Waals surface area contributed by atoms with E-state index in [4.69, 9.17) is 4.74 Å². The van der Waals surface area contributed by atoms with E-state index >= 15 is 0 Å². The third kappa shape index (κ3) is 5.64. The SMILES string of the molecule is C=CC(=O)OCCCc1ccc(N(c2ccc(C)c(C)c2)c2ccc(C)c(C)c2)cc1. The van der Waals surface area contributed by atoms with Gasteiger partial charge in [-0.1, -0.05) is 30.8 Å². The van der Waals surface area contributed by atoms with Crippen LogP contribution in [0.2, 0.25) is 0 Å². The fraction of sp³-hybridized carbons (Fsp3) is 0.250. The summed E-state index contributed by atoms with van der Waals surface area (Å²) < 4.78 is 5.07. The van der Waals surface area contributed by atoms with Crippen LogP contribution >= 0.6 is 0 Å². The van der Waals surface area contributed by atoms with Crippen molar-refractivity contribution >= 4 is 23.0 Å². The molecule has 0 fully saturated rings. The summed E-state index contributed by atoms with van der Waals surface area (Å²) in [5.41, 5.74) is 9.76. The van der Waals surface area contributed by atoms with E-state index in [2.05, 4.69) is 99.8 Å². The highest BCUT2D eigenvalue weighted by atomic mass is 16.5. The van der Waals surface area contributed by atoms with Crippen LogP contribution in [0, 0.1) is 27.7 Å². The molecule has 0 unspecified atom stereocenters. The molecule has 0 bridgehead atoms. The molecule has 0 atom stereocenters. The maximum atomic E-state index is 11.2. The van der Waals surface area contributed by atoms with Crippen LogP contribution in [0.15, 0.2) is 73.3 Å². The first-order valence-electron chi connectivity index (χ1n) is 10.7. The van der Waals surface area contributed by atoms with Gasteiger partial charge in [-0.15, -0.1) is 0 Å². The zero-order valence-corrected chi connectivity index (χ0v) is 18.9. The summed E-state index contributed by atoms with van der Waals surface area (Å²) in [5.74, 6) is -0.368. The number of esters is 1. The van der Waals surface area contributed by atoms with E-state index in [0.29, 0.717) is 6.61 Å². The molecule has 0 heterocycles. The molecule has 31 heavy (non-hydrogen) atoms. The molecule has 0 aliphatic rings. The van der Waals surface area contributed by atoms with Crippen molar-refractivity contribution in [2.45, 2.75) is 40.5 Å². The molecule has 3 aromatic rings. The summed E-state index contributed by atoms with van der Waals surface area (Å²) in [5, 5.41) is 0. The standard InChI is InChI=1S/C28H31NO2/c1-6-28(30)31-17-7-8-24-11-15-25(16-12-24)29(26-13-9-20(2)22(4)18-26)27-14-10-21(3)23(5)19-27/h6,9-16,18-19H,1,7-8,17H2,2-5H3. The van der Waals surface area contributed by atoms with Gasteiger partial charge in [-0.2, -0.15) is 0 Å². The first kappa shape index (κ1) is 22.4. The lowest BCUT2D eigenvalue weighted by atomic mass is 10.0. The van der Waals surface area contributed by atoms with Gasteiger partial charge in [0.2, 0.25) is 0 Å². The molecule has 3 rings (SSSR count). The average Bonchev–Trinajstić information content (AvgIpc) is 2.77. The van der Waals surface area contributed by atoms with Crippen molar-refractivity contribution in [2.75, 3.05) is 11.5 Å². The zero-order chi connectivity index (χ0) is 22.4. The monoisotopic (exact) mass is 413 g/mol. The van der Waals surface area contributed by atoms with Crippen LogP contribution in [0.1, 0.15) is 34.2 Å². The van der Waals surface area contributed by atoms with Gasteiger partial charge in [-0.3, -0.25) is 0 Å². The number of rotatable bonds is 8. The fourth-order valence-electron chi connectivity index (χ4n) is 3.50. The second kappa shape index (κ2) is 10.1.